The van der Waals surface area contributed by atoms with Crippen LogP contribution in [0, 0.1) is 6.92 Å². The standard InChI is InChI=1S/C30H35Cl2N3O4S/c1-21-25(32)15-10-16-26(21)35(40(5,38)39)20-28(36)34(19-23-13-9-14-24(31)17-23)27(29(37)33-30(2,3)4)18-22-11-7-6-8-12-22/h6-17,27H,18-20H2,1-5H3,(H,33,37)/t27-/m1/s1. The molecule has 0 heterocycles. The van der Waals surface area contributed by atoms with E-state index in [-0.39, 0.29) is 18.9 Å². The van der Waals surface area contributed by atoms with Gasteiger partial charge in [-0.2, -0.15) is 0 Å². The van der Waals surface area contributed by atoms with Crippen molar-refractivity contribution in [1.29, 1.82) is 0 Å². The first-order chi connectivity index (χ1) is 18.7. The van der Waals surface area contributed by atoms with Gasteiger partial charge in [-0.15, -0.1) is 0 Å². The van der Waals surface area contributed by atoms with Crippen LogP contribution in [0.2, 0.25) is 10.0 Å². The van der Waals surface area contributed by atoms with E-state index in [4.69, 9.17) is 23.2 Å². The van der Waals surface area contributed by atoms with Gasteiger partial charge in [-0.25, -0.2) is 8.42 Å². The van der Waals surface area contributed by atoms with Crippen LogP contribution in [-0.2, 0) is 32.6 Å². The molecule has 214 valence electrons. The number of carbonyl (C=O) groups is 2. The summed E-state index contributed by atoms with van der Waals surface area (Å²) in [5.74, 6) is -0.897. The Kier molecular flexibility index (Phi) is 10.3. The normalized spacial score (nSPS) is 12.5. The highest BCUT2D eigenvalue weighted by Crippen LogP contribution is 2.29. The van der Waals surface area contributed by atoms with E-state index in [9.17, 15) is 18.0 Å². The molecule has 2 amide bonds. The van der Waals surface area contributed by atoms with E-state index in [2.05, 4.69) is 5.32 Å². The second kappa shape index (κ2) is 13.1. The van der Waals surface area contributed by atoms with Gasteiger partial charge >= 0.3 is 0 Å². The molecule has 1 atom stereocenters. The summed E-state index contributed by atoms with van der Waals surface area (Å²) in [5, 5.41) is 3.85. The van der Waals surface area contributed by atoms with Gasteiger partial charge in [0.2, 0.25) is 21.8 Å². The number of anilines is 1. The van der Waals surface area contributed by atoms with Crippen molar-refractivity contribution in [3.8, 4) is 0 Å². The van der Waals surface area contributed by atoms with Gasteiger partial charge < -0.3 is 10.2 Å². The van der Waals surface area contributed by atoms with Gasteiger partial charge in [-0.05, 0) is 68.7 Å². The molecule has 0 radical (unpaired) electrons. The average Bonchev–Trinajstić information content (AvgIpc) is 2.85. The summed E-state index contributed by atoms with van der Waals surface area (Å²) in [4.78, 5) is 29.3. The molecule has 0 spiro atoms. The summed E-state index contributed by atoms with van der Waals surface area (Å²) >= 11 is 12.5. The SMILES string of the molecule is Cc1c(Cl)cccc1N(CC(=O)N(Cc1cccc(Cl)c1)[C@H](Cc1ccccc1)C(=O)NC(C)(C)C)S(C)(=O)=O. The van der Waals surface area contributed by atoms with Crippen LogP contribution in [0.15, 0.2) is 72.8 Å². The van der Waals surface area contributed by atoms with Crippen molar-refractivity contribution in [2.45, 2.75) is 52.2 Å². The molecular weight excluding hydrogens is 569 g/mol. The van der Waals surface area contributed by atoms with Gasteiger partial charge in [-0.1, -0.05) is 71.7 Å². The largest absolute Gasteiger partial charge is 0.350 e. The summed E-state index contributed by atoms with van der Waals surface area (Å²) in [7, 11) is -3.89. The molecule has 1 N–H and O–H groups in total. The molecule has 40 heavy (non-hydrogen) atoms. The van der Waals surface area contributed by atoms with E-state index in [1.54, 1.807) is 43.3 Å². The maximum Gasteiger partial charge on any atom is 0.244 e. The molecule has 0 unspecified atom stereocenters. The summed E-state index contributed by atoms with van der Waals surface area (Å²) < 4.78 is 26.9. The summed E-state index contributed by atoms with van der Waals surface area (Å²) in [5.41, 5.74) is 1.81. The molecule has 0 bridgehead atoms. The van der Waals surface area contributed by atoms with Gasteiger partial charge in [0.1, 0.15) is 12.6 Å². The first-order valence-corrected chi connectivity index (χ1v) is 15.4. The predicted molar refractivity (Wildman–Crippen MR) is 162 cm³/mol. The number of halogens is 2. The molecule has 3 rings (SSSR count). The molecule has 3 aromatic carbocycles. The number of carbonyl (C=O) groups excluding carboxylic acids is 2. The molecule has 0 fully saturated rings. The van der Waals surface area contributed by atoms with Crippen LogP contribution in [-0.4, -0.2) is 49.5 Å². The van der Waals surface area contributed by atoms with Crippen molar-refractivity contribution in [2.24, 2.45) is 0 Å². The first kappa shape index (κ1) is 31.5. The zero-order valence-corrected chi connectivity index (χ0v) is 25.6. The third-order valence-electron chi connectivity index (χ3n) is 6.20. The number of hydrogen-bond donors (Lipinski definition) is 1. The molecule has 0 aromatic heterocycles. The molecule has 0 aliphatic carbocycles. The Morgan fingerprint density at radius 2 is 1.55 bits per heavy atom. The number of nitrogens with zero attached hydrogens (tertiary/aromatic N) is 2. The Bertz CT molecular complexity index is 1460. The summed E-state index contributed by atoms with van der Waals surface area (Å²) in [6.07, 6.45) is 1.26. The molecule has 0 saturated heterocycles. The fourth-order valence-corrected chi connectivity index (χ4v) is 5.58. The number of sulfonamides is 1. The summed E-state index contributed by atoms with van der Waals surface area (Å²) in [6, 6.07) is 20.3. The van der Waals surface area contributed by atoms with E-state index in [1.165, 1.54) is 4.90 Å². The van der Waals surface area contributed by atoms with Gasteiger partial charge in [-0.3, -0.25) is 13.9 Å². The third kappa shape index (κ3) is 8.71. The Balaban J connectivity index is 2.10. The van der Waals surface area contributed by atoms with Crippen LogP contribution in [0.1, 0.15) is 37.5 Å². The highest BCUT2D eigenvalue weighted by atomic mass is 35.5. The Morgan fingerprint density at radius 1 is 0.925 bits per heavy atom. The van der Waals surface area contributed by atoms with Crippen LogP contribution in [0.5, 0.6) is 0 Å². The van der Waals surface area contributed by atoms with Gasteiger partial charge in [0.15, 0.2) is 0 Å². The minimum atomic E-state index is -3.89. The van der Waals surface area contributed by atoms with E-state index < -0.39 is 34.1 Å². The van der Waals surface area contributed by atoms with Crippen LogP contribution in [0.25, 0.3) is 0 Å². The maximum atomic E-state index is 14.1. The second-order valence-corrected chi connectivity index (χ2v) is 13.5. The molecule has 3 aromatic rings. The van der Waals surface area contributed by atoms with Gasteiger partial charge in [0.05, 0.1) is 11.9 Å². The van der Waals surface area contributed by atoms with Crippen molar-refractivity contribution in [1.82, 2.24) is 10.2 Å². The fraction of sp³-hybridized carbons (Fsp3) is 0.333. The van der Waals surface area contributed by atoms with Crippen molar-refractivity contribution in [3.63, 3.8) is 0 Å². The molecule has 0 aliphatic heterocycles. The lowest BCUT2D eigenvalue weighted by Gasteiger charge is -2.35. The monoisotopic (exact) mass is 603 g/mol. The quantitative estimate of drug-likeness (QED) is 0.326. The lowest BCUT2D eigenvalue weighted by atomic mass is 10.0. The lowest BCUT2D eigenvalue weighted by Crippen LogP contribution is -2.56. The molecule has 10 heteroatoms. The zero-order chi connectivity index (χ0) is 29.7. The van der Waals surface area contributed by atoms with E-state index in [0.717, 1.165) is 16.1 Å². The fourth-order valence-electron chi connectivity index (χ4n) is 4.30. The molecule has 0 aliphatic rings. The Morgan fingerprint density at radius 3 is 2.15 bits per heavy atom. The molecule has 7 nitrogen and oxygen atoms in total. The number of hydrogen-bond acceptors (Lipinski definition) is 4. The van der Waals surface area contributed by atoms with Crippen LogP contribution in [0.3, 0.4) is 0 Å². The highest BCUT2D eigenvalue weighted by molar-refractivity contribution is 7.92. The van der Waals surface area contributed by atoms with Crippen molar-refractivity contribution < 1.29 is 18.0 Å². The Labute approximate surface area is 247 Å². The number of amides is 2. The Hall–Kier alpha value is -3.07. The first-order valence-electron chi connectivity index (χ1n) is 12.8. The number of benzene rings is 3. The zero-order valence-electron chi connectivity index (χ0n) is 23.3. The smallest absolute Gasteiger partial charge is 0.244 e. The predicted octanol–water partition coefficient (Wildman–Crippen LogP) is 5.62. The van der Waals surface area contributed by atoms with Gasteiger partial charge in [0.25, 0.3) is 0 Å². The van der Waals surface area contributed by atoms with Crippen LogP contribution in [0.4, 0.5) is 5.69 Å². The van der Waals surface area contributed by atoms with Crippen LogP contribution >= 0.6 is 23.2 Å². The minimum absolute atomic E-state index is 0.0422. The molecule has 0 saturated carbocycles. The van der Waals surface area contributed by atoms with Crippen LogP contribution < -0.4 is 9.62 Å². The third-order valence-corrected chi connectivity index (χ3v) is 7.97. The minimum Gasteiger partial charge on any atom is -0.350 e. The van der Waals surface area contributed by atoms with E-state index >= 15 is 0 Å². The van der Waals surface area contributed by atoms with Crippen molar-refractivity contribution in [3.05, 3.63) is 99.5 Å². The summed E-state index contributed by atoms with van der Waals surface area (Å²) in [6.45, 7) is 6.80. The average molecular weight is 605 g/mol. The van der Waals surface area contributed by atoms with E-state index in [0.29, 0.717) is 26.9 Å². The lowest BCUT2D eigenvalue weighted by molar-refractivity contribution is -0.140. The number of nitrogens with one attached hydrogen (secondary N) is 1. The van der Waals surface area contributed by atoms with Crippen molar-refractivity contribution >= 4 is 50.7 Å². The second-order valence-electron chi connectivity index (χ2n) is 10.7. The topological polar surface area (TPSA) is 86.8 Å². The van der Waals surface area contributed by atoms with Crippen molar-refractivity contribution in [2.75, 3.05) is 17.1 Å². The maximum absolute atomic E-state index is 14.1. The number of rotatable bonds is 10. The highest BCUT2D eigenvalue weighted by Gasteiger charge is 2.34. The molecular formula is C30H35Cl2N3O4S. The van der Waals surface area contributed by atoms with Gasteiger partial charge in [0, 0.05) is 28.5 Å². The van der Waals surface area contributed by atoms with E-state index in [1.807, 2.05) is 57.2 Å².